The second-order valence-corrected chi connectivity index (χ2v) is 6.79. The molecule has 1 aliphatic heterocycles. The molecule has 0 atom stereocenters. The van der Waals surface area contributed by atoms with Gasteiger partial charge in [-0.25, -0.2) is 0 Å². The maximum atomic E-state index is 9.18. The van der Waals surface area contributed by atoms with E-state index in [2.05, 4.69) is 15.9 Å². The monoisotopic (exact) mass is 441 g/mol. The van der Waals surface area contributed by atoms with Crippen molar-refractivity contribution in [1.82, 2.24) is 0 Å². The second kappa shape index (κ2) is 10.5. The Morgan fingerprint density at radius 1 is 1.14 bits per heavy atom. The van der Waals surface area contributed by atoms with Gasteiger partial charge in [-0.2, -0.15) is 10.5 Å². The van der Waals surface area contributed by atoms with Crippen LogP contribution in [0.1, 0.15) is 12.5 Å². The smallest absolute Gasteiger partial charge is 0.137 e. The topological polar surface area (TPSA) is 101 Å². The highest BCUT2D eigenvalue weighted by Crippen LogP contribution is 2.27. The molecule has 1 heterocycles. The molecule has 0 fully saturated rings. The van der Waals surface area contributed by atoms with Crippen LogP contribution in [0.25, 0.3) is 6.08 Å². The van der Waals surface area contributed by atoms with Crippen LogP contribution in [-0.4, -0.2) is 36.5 Å². The summed E-state index contributed by atoms with van der Waals surface area (Å²) in [5.41, 5.74) is 2.34. The Morgan fingerprint density at radius 3 is 2.39 bits per heavy atom. The average molecular weight is 442 g/mol. The average Bonchev–Trinajstić information content (AvgIpc) is 2.67. The molecule has 28 heavy (non-hydrogen) atoms. The number of nitriles is 2. The number of ether oxygens (including phenoxy) is 1. The number of allylic oxidation sites excluding steroid dienone is 6. The van der Waals surface area contributed by atoms with E-state index in [-0.39, 0.29) is 18.8 Å². The van der Waals surface area contributed by atoms with Gasteiger partial charge < -0.3 is 19.8 Å². The van der Waals surface area contributed by atoms with Gasteiger partial charge in [0.05, 0.1) is 13.2 Å². The normalized spacial score (nSPS) is 13.3. The molecule has 1 aliphatic rings. The number of aliphatic hydroxyl groups excluding tert-OH is 2. The summed E-state index contributed by atoms with van der Waals surface area (Å²) in [5, 5.41) is 36.5. The number of halogens is 1. The van der Waals surface area contributed by atoms with Crippen LogP contribution >= 0.6 is 15.9 Å². The van der Waals surface area contributed by atoms with Crippen LogP contribution < -0.4 is 4.90 Å². The third-order valence-electron chi connectivity index (χ3n) is 3.96. The van der Waals surface area contributed by atoms with Gasteiger partial charge in [-0.3, -0.25) is 0 Å². The third kappa shape index (κ3) is 5.58. The summed E-state index contributed by atoms with van der Waals surface area (Å²) < 4.78 is 6.49. The van der Waals surface area contributed by atoms with Crippen molar-refractivity contribution in [3.63, 3.8) is 0 Å². The number of benzene rings is 1. The highest BCUT2D eigenvalue weighted by atomic mass is 79.9. The predicted octanol–water partition coefficient (Wildman–Crippen LogP) is 3.41. The predicted molar refractivity (Wildman–Crippen MR) is 111 cm³/mol. The van der Waals surface area contributed by atoms with Gasteiger partial charge in [0.25, 0.3) is 0 Å². The van der Waals surface area contributed by atoms with Crippen LogP contribution in [0.3, 0.4) is 0 Å². The minimum absolute atomic E-state index is 0.000862. The Labute approximate surface area is 172 Å². The zero-order valence-corrected chi connectivity index (χ0v) is 17.0. The van der Waals surface area contributed by atoms with Crippen molar-refractivity contribution in [2.24, 2.45) is 0 Å². The summed E-state index contributed by atoms with van der Waals surface area (Å²) in [5.74, 6) is 1.12. The minimum Gasteiger partial charge on any atom is -0.462 e. The lowest BCUT2D eigenvalue weighted by atomic mass is 10.1. The van der Waals surface area contributed by atoms with E-state index < -0.39 is 0 Å². The lowest BCUT2D eigenvalue weighted by Crippen LogP contribution is -2.29. The summed E-state index contributed by atoms with van der Waals surface area (Å²) in [4.78, 5) is 1.89. The maximum absolute atomic E-state index is 9.18. The highest BCUT2D eigenvalue weighted by Gasteiger charge is 2.11. The summed E-state index contributed by atoms with van der Waals surface area (Å²) in [6.07, 6.45) is 6.93. The van der Waals surface area contributed by atoms with Crippen LogP contribution in [-0.2, 0) is 4.74 Å². The zero-order chi connectivity index (χ0) is 20.5. The third-order valence-corrected chi connectivity index (χ3v) is 4.65. The lowest BCUT2D eigenvalue weighted by molar-refractivity contribution is 0.281. The summed E-state index contributed by atoms with van der Waals surface area (Å²) >= 11 is 3.54. The number of hydrogen-bond acceptors (Lipinski definition) is 6. The summed E-state index contributed by atoms with van der Waals surface area (Å²) in [7, 11) is 0. The number of hydrogen-bond donors (Lipinski definition) is 2. The van der Waals surface area contributed by atoms with Crippen molar-refractivity contribution >= 4 is 27.7 Å². The molecule has 2 N–H and O–H groups in total. The van der Waals surface area contributed by atoms with Crippen molar-refractivity contribution in [2.45, 2.75) is 6.92 Å². The summed E-state index contributed by atoms with van der Waals surface area (Å²) in [6, 6.07) is 9.51. The second-order valence-electron chi connectivity index (χ2n) is 5.93. The van der Waals surface area contributed by atoms with Crippen LogP contribution in [0, 0.1) is 22.7 Å². The lowest BCUT2D eigenvalue weighted by Gasteiger charge is -2.23. The molecule has 144 valence electrons. The molecule has 1 aromatic carbocycles. The fourth-order valence-electron chi connectivity index (χ4n) is 2.67. The largest absolute Gasteiger partial charge is 0.462 e. The minimum atomic E-state index is 0.000862. The van der Waals surface area contributed by atoms with E-state index in [0.29, 0.717) is 30.2 Å². The van der Waals surface area contributed by atoms with Crippen LogP contribution in [0.5, 0.6) is 0 Å². The Hall–Kier alpha value is -2.84. The molecule has 0 saturated carbocycles. The van der Waals surface area contributed by atoms with Crippen molar-refractivity contribution in [3.8, 4) is 12.1 Å². The number of anilines is 1. The van der Waals surface area contributed by atoms with Crippen molar-refractivity contribution in [1.29, 1.82) is 10.5 Å². The van der Waals surface area contributed by atoms with Gasteiger partial charge in [-0.1, -0.05) is 28.1 Å². The first-order valence-electron chi connectivity index (χ1n) is 8.59. The molecular formula is C21H20BrN3O3. The molecule has 0 saturated heterocycles. The Bertz CT molecular complexity index is 911. The van der Waals surface area contributed by atoms with Crippen LogP contribution in [0.2, 0.25) is 0 Å². The summed E-state index contributed by atoms with van der Waals surface area (Å²) in [6.45, 7) is 2.63. The van der Waals surface area contributed by atoms with Gasteiger partial charge in [0.2, 0.25) is 0 Å². The quantitative estimate of drug-likeness (QED) is 0.628. The first-order chi connectivity index (χ1) is 13.5. The standard InChI is InChI=1S/C21H20BrN3O3/c1-15-10-17(18(13-23)14-24)11-20(28-15)5-3-16-2-4-19(12-21(16)22)25(6-8-26)7-9-27/h2-5,10-12,26-27H,6-9H2,1H3/b5-3+. The molecular weight excluding hydrogens is 422 g/mol. The van der Waals surface area contributed by atoms with E-state index >= 15 is 0 Å². The van der Waals surface area contributed by atoms with Crippen LogP contribution in [0.4, 0.5) is 5.69 Å². The van der Waals surface area contributed by atoms with E-state index in [0.717, 1.165) is 15.7 Å². The molecule has 0 amide bonds. The Morgan fingerprint density at radius 2 is 1.82 bits per heavy atom. The van der Waals surface area contributed by atoms with Gasteiger partial charge in [0, 0.05) is 28.8 Å². The van der Waals surface area contributed by atoms with E-state index in [1.54, 1.807) is 25.2 Å². The van der Waals surface area contributed by atoms with Crippen molar-refractivity contribution in [2.75, 3.05) is 31.2 Å². The molecule has 0 spiro atoms. The number of aliphatic hydroxyl groups is 2. The zero-order valence-electron chi connectivity index (χ0n) is 15.4. The van der Waals surface area contributed by atoms with Gasteiger partial charge in [0.15, 0.2) is 0 Å². The fourth-order valence-corrected chi connectivity index (χ4v) is 3.17. The molecule has 0 bridgehead atoms. The molecule has 0 aromatic heterocycles. The molecule has 0 radical (unpaired) electrons. The van der Waals surface area contributed by atoms with E-state index in [1.807, 2.05) is 41.3 Å². The van der Waals surface area contributed by atoms with Gasteiger partial charge in [0.1, 0.15) is 29.2 Å². The SMILES string of the molecule is CC1=CC(=C(C#N)C#N)C=C(/C=C/c2ccc(N(CCO)CCO)cc2Br)O1. The highest BCUT2D eigenvalue weighted by molar-refractivity contribution is 9.10. The van der Waals surface area contributed by atoms with Gasteiger partial charge in [-0.15, -0.1) is 0 Å². The molecule has 1 aromatic rings. The van der Waals surface area contributed by atoms with E-state index in [4.69, 9.17) is 15.3 Å². The van der Waals surface area contributed by atoms with Gasteiger partial charge >= 0.3 is 0 Å². The Balaban J connectivity index is 2.26. The first-order valence-corrected chi connectivity index (χ1v) is 9.38. The van der Waals surface area contributed by atoms with E-state index in [1.165, 1.54) is 0 Å². The maximum Gasteiger partial charge on any atom is 0.137 e. The Kier molecular flexibility index (Phi) is 8.03. The number of nitrogens with zero attached hydrogens (tertiary/aromatic N) is 3. The molecule has 2 rings (SSSR count). The number of rotatable bonds is 7. The molecule has 6 nitrogen and oxygen atoms in total. The van der Waals surface area contributed by atoms with Crippen molar-refractivity contribution in [3.05, 3.63) is 69.1 Å². The van der Waals surface area contributed by atoms with Gasteiger partial charge in [-0.05, 0) is 42.8 Å². The van der Waals surface area contributed by atoms with Crippen LogP contribution in [0.15, 0.2) is 63.6 Å². The molecule has 7 heteroatoms. The van der Waals surface area contributed by atoms with Crippen molar-refractivity contribution < 1.29 is 14.9 Å². The first kappa shape index (κ1) is 21.5. The van der Waals surface area contributed by atoms with E-state index in [9.17, 15) is 10.2 Å². The molecule has 0 unspecified atom stereocenters. The fraction of sp³-hybridized carbons (Fsp3) is 0.238. The molecule has 0 aliphatic carbocycles.